The molecule has 1 spiro atoms. The summed E-state index contributed by atoms with van der Waals surface area (Å²) in [5, 5.41) is 13.8. The number of fused-ring (bicyclic) bond motifs is 3. The molecule has 0 bridgehead atoms. The van der Waals surface area contributed by atoms with Gasteiger partial charge in [0.05, 0.1) is 23.1 Å². The number of hydrogen-bond acceptors (Lipinski definition) is 10. The third kappa shape index (κ3) is 5.34. The molecular weight excluding hydrogens is 654 g/mol. The van der Waals surface area contributed by atoms with Crippen molar-refractivity contribution in [1.82, 2.24) is 24.8 Å². The van der Waals surface area contributed by atoms with Crippen LogP contribution in [0, 0.1) is 23.0 Å². The number of nitriles is 1. The third-order valence-corrected chi connectivity index (χ3v) is 11.7. The first kappa shape index (κ1) is 32.0. The molecule has 10 nitrogen and oxygen atoms in total. The minimum Gasteiger partial charge on any atom is -0.467 e. The van der Waals surface area contributed by atoms with E-state index in [1.807, 2.05) is 11.0 Å². The maximum Gasteiger partial charge on any atom is 0.318 e. The van der Waals surface area contributed by atoms with E-state index < -0.39 is 23.4 Å². The second-order valence-corrected chi connectivity index (χ2v) is 15.0. The first-order valence-corrected chi connectivity index (χ1v) is 17.6. The molecule has 9 rings (SSSR count). The number of nitrogens with zero attached hydrogens (tertiary/aromatic N) is 6. The zero-order valence-corrected chi connectivity index (χ0v) is 28.0. The highest BCUT2D eigenvalue weighted by atomic mass is 32.1. The summed E-state index contributed by atoms with van der Waals surface area (Å²) in [6, 6.07) is 4.86. The van der Waals surface area contributed by atoms with Crippen LogP contribution in [0.5, 0.6) is 6.01 Å². The van der Waals surface area contributed by atoms with E-state index in [0.29, 0.717) is 44.3 Å². The van der Waals surface area contributed by atoms with Gasteiger partial charge < -0.3 is 25.3 Å². The van der Waals surface area contributed by atoms with E-state index in [9.17, 15) is 18.8 Å². The second-order valence-electron chi connectivity index (χ2n) is 13.9. The van der Waals surface area contributed by atoms with Gasteiger partial charge in [-0.1, -0.05) is 12.2 Å². The van der Waals surface area contributed by atoms with E-state index in [1.54, 1.807) is 0 Å². The second kappa shape index (κ2) is 12.0. The van der Waals surface area contributed by atoms with Crippen LogP contribution in [-0.2, 0) is 0 Å². The number of halogens is 3. The van der Waals surface area contributed by atoms with E-state index in [1.165, 1.54) is 29.4 Å². The molecule has 3 unspecified atom stereocenters. The van der Waals surface area contributed by atoms with Crippen molar-refractivity contribution < 1.29 is 17.9 Å². The summed E-state index contributed by atoms with van der Waals surface area (Å²) in [6.07, 6.45) is 5.59. The van der Waals surface area contributed by atoms with Gasteiger partial charge in [0.1, 0.15) is 39.8 Å². The molecule has 5 aliphatic rings. The maximum absolute atomic E-state index is 16.8. The number of nitrogen functional groups attached to an aromatic ring is 1. The Kier molecular flexibility index (Phi) is 7.84. The Morgan fingerprint density at radius 1 is 1.20 bits per heavy atom. The molecule has 7 heterocycles. The molecule has 3 N–H and O–H groups in total. The molecule has 4 aliphatic heterocycles. The average molecular weight is 691 g/mol. The number of rotatable bonds is 4. The number of nitrogens with two attached hydrogens (primary N) is 1. The molecule has 3 atom stereocenters. The van der Waals surface area contributed by atoms with Crippen LogP contribution in [0.2, 0.25) is 0 Å². The zero-order chi connectivity index (χ0) is 34.2. The monoisotopic (exact) mass is 690 g/mol. The number of pyridine rings is 1. The number of nitrogens with one attached hydrogen (secondary N) is 1. The SMILES string of the molecule is C=C1CC2CC(F)CN2C1.COc1nc(N2CCC3(CCCN3)C2)c2c(=O)n(C3CC3)c(-c3ccc(F)c4sc(N)c(C#N)c34)c(F)c2n1. The van der Waals surface area contributed by atoms with Gasteiger partial charge in [-0.2, -0.15) is 15.2 Å². The van der Waals surface area contributed by atoms with Crippen LogP contribution in [0.15, 0.2) is 29.1 Å². The van der Waals surface area contributed by atoms with Gasteiger partial charge >= 0.3 is 6.01 Å². The lowest BCUT2D eigenvalue weighted by Crippen LogP contribution is -2.42. The largest absolute Gasteiger partial charge is 0.467 e. The molecule has 256 valence electrons. The third-order valence-electron chi connectivity index (χ3n) is 10.7. The van der Waals surface area contributed by atoms with Gasteiger partial charge in [0.25, 0.3) is 5.56 Å². The van der Waals surface area contributed by atoms with Gasteiger partial charge in [-0.05, 0) is 63.6 Å². The first-order chi connectivity index (χ1) is 23.6. The summed E-state index contributed by atoms with van der Waals surface area (Å²) in [4.78, 5) is 27.4. The minimum atomic E-state index is -0.743. The molecule has 5 fully saturated rings. The Morgan fingerprint density at radius 3 is 2.71 bits per heavy atom. The standard InChI is InChI=1S/C27H25F2N7O2S.C8H12FN/c1-38-26-33-20-18(24(34-26)35-10-8-27(12-35)7-2-9-32-27)25(37)36(13-3-4-13)21(19(20)29)14-5-6-16(28)22-17(14)15(11-30)23(31)39-22;1-6-2-8-3-7(9)5-10(8)4-6/h5-6,13,32H,2-4,7-10,12,31H2,1H3;7-8H,1-5H2. The Hall–Kier alpha value is -4.19. The van der Waals surface area contributed by atoms with Crippen molar-refractivity contribution in [3.8, 4) is 23.3 Å². The Balaban J connectivity index is 0.000000298. The van der Waals surface area contributed by atoms with Crippen LogP contribution in [0.25, 0.3) is 32.2 Å². The molecule has 0 radical (unpaired) electrons. The van der Waals surface area contributed by atoms with E-state index >= 15 is 4.39 Å². The average Bonchev–Trinajstić information content (AvgIpc) is 3.39. The fourth-order valence-corrected chi connectivity index (χ4v) is 9.20. The zero-order valence-electron chi connectivity index (χ0n) is 27.2. The van der Waals surface area contributed by atoms with E-state index in [4.69, 9.17) is 10.5 Å². The van der Waals surface area contributed by atoms with Crippen molar-refractivity contribution in [2.24, 2.45) is 0 Å². The van der Waals surface area contributed by atoms with Crippen LogP contribution < -0.4 is 26.2 Å². The molecule has 3 aromatic heterocycles. The Bertz CT molecular complexity index is 2100. The van der Waals surface area contributed by atoms with E-state index in [0.717, 1.165) is 56.5 Å². The Morgan fingerprint density at radius 2 is 2.02 bits per heavy atom. The van der Waals surface area contributed by atoms with Crippen LogP contribution in [0.1, 0.15) is 56.6 Å². The number of thiophene rings is 1. The van der Waals surface area contributed by atoms with Crippen LogP contribution in [0.3, 0.4) is 0 Å². The summed E-state index contributed by atoms with van der Waals surface area (Å²) >= 11 is 0.929. The molecule has 4 saturated heterocycles. The predicted octanol–water partition coefficient (Wildman–Crippen LogP) is 5.44. The number of benzene rings is 1. The summed E-state index contributed by atoms with van der Waals surface area (Å²) in [7, 11) is 1.40. The predicted molar refractivity (Wildman–Crippen MR) is 184 cm³/mol. The van der Waals surface area contributed by atoms with Gasteiger partial charge in [0, 0.05) is 54.8 Å². The Labute approximate surface area is 285 Å². The number of alkyl halides is 1. The van der Waals surface area contributed by atoms with Crippen LogP contribution in [0.4, 0.5) is 24.0 Å². The summed E-state index contributed by atoms with van der Waals surface area (Å²) < 4.78 is 51.2. The summed E-state index contributed by atoms with van der Waals surface area (Å²) in [6.45, 7) is 7.72. The minimum absolute atomic E-state index is 0.0312. The fourth-order valence-electron chi connectivity index (χ4n) is 8.26. The van der Waals surface area contributed by atoms with Gasteiger partial charge in [0.2, 0.25) is 0 Å². The van der Waals surface area contributed by atoms with Crippen LogP contribution in [-0.4, -0.2) is 77.0 Å². The number of anilines is 2. The molecule has 1 aliphatic carbocycles. The molecule has 1 saturated carbocycles. The van der Waals surface area contributed by atoms with Crippen molar-refractivity contribution in [1.29, 1.82) is 5.26 Å². The van der Waals surface area contributed by atoms with Crippen molar-refractivity contribution in [2.45, 2.75) is 68.7 Å². The molecule has 49 heavy (non-hydrogen) atoms. The smallest absolute Gasteiger partial charge is 0.318 e. The topological polar surface area (TPSA) is 125 Å². The number of aromatic nitrogens is 3. The lowest BCUT2D eigenvalue weighted by molar-refractivity contribution is 0.297. The quantitative estimate of drug-likeness (QED) is 0.270. The lowest BCUT2D eigenvalue weighted by Gasteiger charge is -2.26. The highest BCUT2D eigenvalue weighted by Crippen LogP contribution is 2.46. The van der Waals surface area contributed by atoms with Gasteiger partial charge in [0.15, 0.2) is 5.82 Å². The van der Waals surface area contributed by atoms with Crippen molar-refractivity contribution in [3.63, 3.8) is 0 Å². The highest BCUT2D eigenvalue weighted by Gasteiger charge is 2.42. The summed E-state index contributed by atoms with van der Waals surface area (Å²) in [5.41, 5.74) is 6.95. The number of hydrogen-bond donors (Lipinski definition) is 2. The molecular formula is C35H37F3N8O2S. The van der Waals surface area contributed by atoms with E-state index in [2.05, 4.69) is 26.8 Å². The first-order valence-electron chi connectivity index (χ1n) is 16.8. The van der Waals surface area contributed by atoms with Crippen molar-refractivity contribution in [2.75, 3.05) is 50.5 Å². The van der Waals surface area contributed by atoms with Crippen molar-refractivity contribution >= 4 is 43.1 Å². The van der Waals surface area contributed by atoms with Gasteiger partial charge in [-0.25, -0.2) is 13.2 Å². The van der Waals surface area contributed by atoms with Gasteiger partial charge in [-0.15, -0.1) is 11.3 Å². The molecule has 0 amide bonds. The number of methoxy groups -OCH3 is 1. The fraction of sp³-hybridized carbons (Fsp3) is 0.486. The lowest BCUT2D eigenvalue weighted by atomic mass is 9.97. The van der Waals surface area contributed by atoms with E-state index in [-0.39, 0.29) is 60.4 Å². The molecule has 14 heteroatoms. The number of ether oxygens (including phenoxy) is 1. The molecule has 4 aromatic rings. The van der Waals surface area contributed by atoms with Crippen molar-refractivity contribution in [3.05, 3.63) is 51.8 Å². The van der Waals surface area contributed by atoms with Crippen LogP contribution >= 0.6 is 11.3 Å². The normalized spacial score (nSPS) is 25.0. The van der Waals surface area contributed by atoms with Gasteiger partial charge in [-0.3, -0.25) is 9.69 Å². The maximum atomic E-state index is 16.8. The highest BCUT2D eigenvalue weighted by molar-refractivity contribution is 7.23. The summed E-state index contributed by atoms with van der Waals surface area (Å²) in [5.74, 6) is -0.954. The molecule has 1 aromatic carbocycles.